The van der Waals surface area contributed by atoms with Gasteiger partial charge in [0.1, 0.15) is 11.8 Å². The molecule has 6 nitrogen and oxygen atoms in total. The van der Waals surface area contributed by atoms with E-state index in [1.54, 1.807) is 13.0 Å². The van der Waals surface area contributed by atoms with Gasteiger partial charge in [-0.3, -0.25) is 4.79 Å². The summed E-state index contributed by atoms with van der Waals surface area (Å²) in [7, 11) is 0. The monoisotopic (exact) mass is 335 g/mol. The van der Waals surface area contributed by atoms with Crippen LogP contribution < -0.4 is 10.6 Å². The topological polar surface area (TPSA) is 91.2 Å². The maximum atomic E-state index is 12.4. The number of benzene rings is 2. The fourth-order valence-electron chi connectivity index (χ4n) is 2.53. The highest BCUT2D eigenvalue weighted by atomic mass is 16.5. The second kappa shape index (κ2) is 6.65. The quantitative estimate of drug-likeness (QED) is 0.510. The number of rotatable bonds is 3. The van der Waals surface area contributed by atoms with Crippen molar-refractivity contribution in [3.05, 3.63) is 47.7 Å². The van der Waals surface area contributed by atoms with Crippen molar-refractivity contribution in [2.45, 2.75) is 26.4 Å². The zero-order valence-corrected chi connectivity index (χ0v) is 13.9. The predicted octanol–water partition coefficient (Wildman–Crippen LogP) is 3.32. The van der Waals surface area contributed by atoms with E-state index in [1.165, 1.54) is 0 Å². The average Bonchev–Trinajstić information content (AvgIpc) is 2.61. The summed E-state index contributed by atoms with van der Waals surface area (Å²) in [6.07, 6.45) is 0.285. The van der Waals surface area contributed by atoms with Gasteiger partial charge in [0.15, 0.2) is 5.57 Å². The third-order valence-corrected chi connectivity index (χ3v) is 4.07. The number of fused-ring (bicyclic) bond motifs is 2. The number of hydrogen-bond acceptors (Lipinski definition) is 5. The molecule has 1 heterocycles. The van der Waals surface area contributed by atoms with E-state index in [0.29, 0.717) is 17.8 Å². The standard InChI is InChI=1S/C19H17N3O3/c1-3-11(2)25-19(24)14(10-20)17-18(23)22-16-9-13-7-5-4-6-12(13)8-15(16)21-17/h4-9,11,21H,3H2,1-2H3,(H,22,23)/b17-14-. The van der Waals surface area contributed by atoms with Crippen LogP contribution in [0.25, 0.3) is 10.8 Å². The number of nitrogens with one attached hydrogen (secondary N) is 2. The van der Waals surface area contributed by atoms with Crippen LogP contribution >= 0.6 is 0 Å². The molecule has 1 aliphatic rings. The molecule has 0 aliphatic carbocycles. The fourth-order valence-corrected chi connectivity index (χ4v) is 2.53. The summed E-state index contributed by atoms with van der Waals surface area (Å²) in [6, 6.07) is 13.2. The Morgan fingerprint density at radius 3 is 2.36 bits per heavy atom. The van der Waals surface area contributed by atoms with E-state index in [9.17, 15) is 14.9 Å². The summed E-state index contributed by atoms with van der Waals surface area (Å²) in [4.78, 5) is 24.6. The molecule has 1 unspecified atom stereocenters. The molecule has 2 N–H and O–H groups in total. The van der Waals surface area contributed by atoms with E-state index >= 15 is 0 Å². The van der Waals surface area contributed by atoms with Crippen LogP contribution in [0.4, 0.5) is 11.4 Å². The van der Waals surface area contributed by atoms with Crippen molar-refractivity contribution < 1.29 is 14.3 Å². The van der Waals surface area contributed by atoms with Crippen molar-refractivity contribution in [3.8, 4) is 6.07 Å². The van der Waals surface area contributed by atoms with E-state index in [4.69, 9.17) is 4.74 Å². The first-order valence-corrected chi connectivity index (χ1v) is 8.00. The van der Waals surface area contributed by atoms with Gasteiger partial charge in [0.05, 0.1) is 17.5 Å². The Hall–Kier alpha value is -3.33. The van der Waals surface area contributed by atoms with E-state index < -0.39 is 11.9 Å². The van der Waals surface area contributed by atoms with Crippen molar-refractivity contribution in [3.63, 3.8) is 0 Å². The number of amides is 1. The predicted molar refractivity (Wildman–Crippen MR) is 94.7 cm³/mol. The minimum Gasteiger partial charge on any atom is -0.459 e. The van der Waals surface area contributed by atoms with Gasteiger partial charge in [-0.15, -0.1) is 0 Å². The first kappa shape index (κ1) is 16.5. The number of hydrogen-bond donors (Lipinski definition) is 2. The minimum absolute atomic E-state index is 0.0985. The zero-order valence-electron chi connectivity index (χ0n) is 13.9. The SMILES string of the molecule is CCC(C)OC(=O)/C(C#N)=C1\Nc2cc3ccccc3cc2NC1=O. The number of carbonyl (C=O) groups is 2. The number of esters is 1. The Kier molecular flexibility index (Phi) is 4.40. The van der Waals surface area contributed by atoms with Gasteiger partial charge in [0.25, 0.3) is 5.91 Å². The largest absolute Gasteiger partial charge is 0.459 e. The molecule has 0 fully saturated rings. The lowest BCUT2D eigenvalue weighted by Crippen LogP contribution is -2.29. The molecule has 0 saturated carbocycles. The molecule has 25 heavy (non-hydrogen) atoms. The normalized spacial score (nSPS) is 16.1. The van der Waals surface area contributed by atoms with Gasteiger partial charge in [-0.2, -0.15) is 5.26 Å². The van der Waals surface area contributed by atoms with Gasteiger partial charge in [-0.05, 0) is 36.2 Å². The van der Waals surface area contributed by atoms with Gasteiger partial charge < -0.3 is 15.4 Å². The molecule has 2 aromatic rings. The summed E-state index contributed by atoms with van der Waals surface area (Å²) in [6.45, 7) is 3.59. The number of anilines is 2. The first-order valence-electron chi connectivity index (χ1n) is 8.00. The van der Waals surface area contributed by atoms with E-state index in [1.807, 2.05) is 43.3 Å². The van der Waals surface area contributed by atoms with Crippen LogP contribution in [0.2, 0.25) is 0 Å². The summed E-state index contributed by atoms with van der Waals surface area (Å²) in [5.41, 5.74) is 0.785. The maximum absolute atomic E-state index is 12.4. The molecule has 6 heteroatoms. The first-order chi connectivity index (χ1) is 12.0. The number of ether oxygens (including phenoxy) is 1. The van der Waals surface area contributed by atoms with Crippen LogP contribution in [0.15, 0.2) is 47.7 Å². The van der Waals surface area contributed by atoms with Crippen LogP contribution in [-0.4, -0.2) is 18.0 Å². The Bertz CT molecular complexity index is 941. The summed E-state index contributed by atoms with van der Waals surface area (Å²) < 4.78 is 5.17. The van der Waals surface area contributed by atoms with E-state index in [-0.39, 0.29) is 17.4 Å². The van der Waals surface area contributed by atoms with Gasteiger partial charge >= 0.3 is 5.97 Å². The highest BCUT2D eigenvalue weighted by Gasteiger charge is 2.28. The van der Waals surface area contributed by atoms with Crippen LogP contribution in [0.1, 0.15) is 20.3 Å². The second-order valence-electron chi connectivity index (χ2n) is 5.81. The lowest BCUT2D eigenvalue weighted by molar-refractivity contribution is -0.143. The third-order valence-electron chi connectivity index (χ3n) is 4.07. The van der Waals surface area contributed by atoms with Crippen molar-refractivity contribution >= 4 is 34.0 Å². The molecule has 0 bridgehead atoms. The third kappa shape index (κ3) is 3.17. The van der Waals surface area contributed by atoms with Crippen LogP contribution in [-0.2, 0) is 14.3 Å². The van der Waals surface area contributed by atoms with Gasteiger partial charge in [-0.25, -0.2) is 4.79 Å². The van der Waals surface area contributed by atoms with Crippen LogP contribution in [0, 0.1) is 11.3 Å². The number of carbonyl (C=O) groups excluding carboxylic acids is 2. The molecule has 1 atom stereocenters. The number of nitriles is 1. The maximum Gasteiger partial charge on any atom is 0.351 e. The molecule has 0 aromatic heterocycles. The van der Waals surface area contributed by atoms with E-state index in [0.717, 1.165) is 10.8 Å². The molecule has 1 amide bonds. The van der Waals surface area contributed by atoms with Gasteiger partial charge in [0, 0.05) is 0 Å². The highest BCUT2D eigenvalue weighted by Crippen LogP contribution is 2.33. The Morgan fingerprint density at radius 2 is 1.80 bits per heavy atom. The Morgan fingerprint density at radius 1 is 1.20 bits per heavy atom. The zero-order chi connectivity index (χ0) is 18.0. The smallest absolute Gasteiger partial charge is 0.351 e. The molecule has 1 aliphatic heterocycles. The molecule has 3 rings (SSSR count). The van der Waals surface area contributed by atoms with Gasteiger partial charge in [0.2, 0.25) is 0 Å². The Balaban J connectivity index is 2.02. The lowest BCUT2D eigenvalue weighted by Gasteiger charge is -2.22. The van der Waals surface area contributed by atoms with Gasteiger partial charge in [-0.1, -0.05) is 31.2 Å². The summed E-state index contributed by atoms with van der Waals surface area (Å²) >= 11 is 0. The van der Waals surface area contributed by atoms with Crippen molar-refractivity contribution in [2.24, 2.45) is 0 Å². The minimum atomic E-state index is -0.807. The summed E-state index contributed by atoms with van der Waals surface area (Å²) in [5, 5.41) is 16.9. The summed E-state index contributed by atoms with van der Waals surface area (Å²) in [5.74, 6) is -1.35. The molecule has 0 spiro atoms. The molecular formula is C19H17N3O3. The van der Waals surface area contributed by atoms with Crippen molar-refractivity contribution in [1.82, 2.24) is 0 Å². The van der Waals surface area contributed by atoms with Crippen molar-refractivity contribution in [2.75, 3.05) is 10.6 Å². The Labute approximate surface area is 145 Å². The molecule has 0 saturated heterocycles. The van der Waals surface area contributed by atoms with Crippen LogP contribution in [0.3, 0.4) is 0 Å². The van der Waals surface area contributed by atoms with Crippen molar-refractivity contribution in [1.29, 1.82) is 5.26 Å². The molecular weight excluding hydrogens is 318 g/mol. The van der Waals surface area contributed by atoms with Crippen LogP contribution in [0.5, 0.6) is 0 Å². The number of nitrogens with zero attached hydrogens (tertiary/aromatic N) is 1. The average molecular weight is 335 g/mol. The highest BCUT2D eigenvalue weighted by molar-refractivity contribution is 6.17. The lowest BCUT2D eigenvalue weighted by atomic mass is 10.1. The molecule has 2 aromatic carbocycles. The fraction of sp³-hybridized carbons (Fsp3) is 0.211. The second-order valence-corrected chi connectivity index (χ2v) is 5.81. The molecule has 0 radical (unpaired) electrons. The molecule has 126 valence electrons. The van der Waals surface area contributed by atoms with E-state index in [2.05, 4.69) is 10.6 Å².